The second-order valence-electron chi connectivity index (χ2n) is 4.12. The normalized spacial score (nSPS) is 15.1. The van der Waals surface area contributed by atoms with Crippen LogP contribution in [0.3, 0.4) is 0 Å². The van der Waals surface area contributed by atoms with Gasteiger partial charge in [-0.3, -0.25) is 14.5 Å². The highest BCUT2D eigenvalue weighted by Crippen LogP contribution is 2.18. The Labute approximate surface area is 99.2 Å². The number of aromatic nitrogens is 3. The lowest BCUT2D eigenvalue weighted by atomic mass is 10.3. The van der Waals surface area contributed by atoms with Crippen molar-refractivity contribution in [2.24, 2.45) is 0 Å². The maximum atomic E-state index is 11.6. The van der Waals surface area contributed by atoms with E-state index in [1.165, 1.54) is 0 Å². The second-order valence-corrected chi connectivity index (χ2v) is 4.51. The first-order chi connectivity index (χ1) is 7.70. The summed E-state index contributed by atoms with van der Waals surface area (Å²) in [7, 11) is 0. The van der Waals surface area contributed by atoms with Crippen LogP contribution in [0.4, 0.5) is 0 Å². The van der Waals surface area contributed by atoms with E-state index >= 15 is 0 Å². The third-order valence-corrected chi connectivity index (χ3v) is 2.87. The molecule has 0 radical (unpaired) electrons. The van der Waals surface area contributed by atoms with Crippen LogP contribution < -0.4 is 5.32 Å². The lowest BCUT2D eigenvalue weighted by Crippen LogP contribution is -2.29. The number of nitrogens with zero attached hydrogens (tertiary/aromatic N) is 2. The zero-order valence-corrected chi connectivity index (χ0v) is 10.1. The van der Waals surface area contributed by atoms with Gasteiger partial charge in [0.1, 0.15) is 12.4 Å². The van der Waals surface area contributed by atoms with Gasteiger partial charge < -0.3 is 5.32 Å². The van der Waals surface area contributed by atoms with Gasteiger partial charge in [0.25, 0.3) is 0 Å². The summed E-state index contributed by atoms with van der Waals surface area (Å²) in [5.74, 6) is 0.885. The van der Waals surface area contributed by atoms with Crippen molar-refractivity contribution in [2.45, 2.75) is 45.2 Å². The Bertz CT molecular complexity index is 432. The highest BCUT2D eigenvalue weighted by molar-refractivity contribution is 7.71. The first-order valence-electron chi connectivity index (χ1n) is 5.64. The summed E-state index contributed by atoms with van der Waals surface area (Å²) in [6, 6.07) is 0.392. The van der Waals surface area contributed by atoms with Gasteiger partial charge in [-0.15, -0.1) is 0 Å². The Morgan fingerprint density at radius 1 is 1.69 bits per heavy atom. The fraction of sp³-hybridized carbons (Fsp3) is 0.700. The molecule has 0 aromatic carbocycles. The molecule has 5 nitrogen and oxygen atoms in total. The molecule has 16 heavy (non-hydrogen) atoms. The van der Waals surface area contributed by atoms with E-state index in [0.29, 0.717) is 10.8 Å². The van der Waals surface area contributed by atoms with Gasteiger partial charge in [0.15, 0.2) is 4.77 Å². The van der Waals surface area contributed by atoms with Crippen LogP contribution in [0.15, 0.2) is 0 Å². The molecule has 0 bridgehead atoms. The maximum Gasteiger partial charge on any atom is 0.240 e. The van der Waals surface area contributed by atoms with Crippen LogP contribution in [0.1, 0.15) is 32.0 Å². The zero-order valence-electron chi connectivity index (χ0n) is 9.32. The number of nitrogens with one attached hydrogen (secondary N) is 2. The molecule has 1 aromatic rings. The molecule has 2 rings (SSSR count). The number of aromatic amines is 1. The third kappa shape index (κ3) is 2.69. The number of carbonyl (C=O) groups excluding carboxylic acids is 1. The van der Waals surface area contributed by atoms with E-state index in [1.54, 1.807) is 4.57 Å². The molecular weight excluding hydrogens is 224 g/mol. The lowest BCUT2D eigenvalue weighted by molar-refractivity contribution is -0.121. The maximum absolute atomic E-state index is 11.6. The van der Waals surface area contributed by atoms with E-state index in [9.17, 15) is 4.79 Å². The molecule has 2 N–H and O–H groups in total. The molecule has 1 aliphatic rings. The second kappa shape index (κ2) is 4.78. The van der Waals surface area contributed by atoms with E-state index in [4.69, 9.17) is 12.2 Å². The van der Waals surface area contributed by atoms with Gasteiger partial charge in [0, 0.05) is 12.5 Å². The first kappa shape index (κ1) is 11.3. The van der Waals surface area contributed by atoms with E-state index in [0.717, 1.165) is 31.5 Å². The molecule has 1 aliphatic carbocycles. The zero-order chi connectivity index (χ0) is 11.5. The predicted molar refractivity (Wildman–Crippen MR) is 62.6 cm³/mol. The van der Waals surface area contributed by atoms with Gasteiger partial charge in [-0.1, -0.05) is 6.92 Å². The van der Waals surface area contributed by atoms with Gasteiger partial charge in [-0.05, 0) is 31.5 Å². The Morgan fingerprint density at radius 3 is 3.06 bits per heavy atom. The van der Waals surface area contributed by atoms with Crippen LogP contribution in [-0.2, 0) is 17.8 Å². The molecule has 88 valence electrons. The number of hydrogen-bond donors (Lipinski definition) is 2. The van der Waals surface area contributed by atoms with E-state index in [-0.39, 0.29) is 12.5 Å². The molecule has 0 aliphatic heterocycles. The highest BCUT2D eigenvalue weighted by Gasteiger charge is 2.23. The number of H-pyrrole nitrogens is 1. The predicted octanol–water partition coefficient (Wildman–Crippen LogP) is 1.17. The number of carbonyl (C=O) groups is 1. The largest absolute Gasteiger partial charge is 0.352 e. The van der Waals surface area contributed by atoms with Crippen LogP contribution in [-0.4, -0.2) is 26.7 Å². The summed E-state index contributed by atoms with van der Waals surface area (Å²) in [5.41, 5.74) is 0. The smallest absolute Gasteiger partial charge is 0.240 e. The molecule has 0 saturated heterocycles. The summed E-state index contributed by atoms with van der Waals surface area (Å²) >= 11 is 5.10. The van der Waals surface area contributed by atoms with Gasteiger partial charge >= 0.3 is 0 Å². The van der Waals surface area contributed by atoms with Crippen molar-refractivity contribution in [1.82, 2.24) is 20.1 Å². The highest BCUT2D eigenvalue weighted by atomic mass is 32.1. The summed E-state index contributed by atoms with van der Waals surface area (Å²) in [4.78, 5) is 11.6. The standard InChI is InChI=1S/C10H16N4OS/c1-2-3-8-12-13-10(16)14(8)6-9(15)11-7-4-5-7/h7H,2-6H2,1H3,(H,11,15)(H,13,16). The van der Waals surface area contributed by atoms with Crippen LogP contribution in [0.25, 0.3) is 0 Å². The number of amides is 1. The Balaban J connectivity index is 2.03. The van der Waals surface area contributed by atoms with Gasteiger partial charge in [-0.25, -0.2) is 0 Å². The number of hydrogen-bond acceptors (Lipinski definition) is 3. The van der Waals surface area contributed by atoms with Crippen molar-refractivity contribution in [1.29, 1.82) is 0 Å². The molecular formula is C10H16N4OS. The van der Waals surface area contributed by atoms with Crippen molar-refractivity contribution in [2.75, 3.05) is 0 Å². The first-order valence-corrected chi connectivity index (χ1v) is 6.05. The van der Waals surface area contributed by atoms with Crippen molar-refractivity contribution < 1.29 is 4.79 Å². The molecule has 1 fully saturated rings. The van der Waals surface area contributed by atoms with Crippen LogP contribution >= 0.6 is 12.2 Å². The molecule has 1 aromatic heterocycles. The summed E-state index contributed by atoms with van der Waals surface area (Å²) < 4.78 is 2.30. The van der Waals surface area contributed by atoms with Crippen LogP contribution in [0.2, 0.25) is 0 Å². The molecule has 0 unspecified atom stereocenters. The minimum atomic E-state index is 0.0253. The molecule has 6 heteroatoms. The fourth-order valence-electron chi connectivity index (χ4n) is 1.57. The number of aryl methyl sites for hydroxylation is 1. The van der Waals surface area contributed by atoms with Gasteiger partial charge in [0.2, 0.25) is 5.91 Å². The fourth-order valence-corrected chi connectivity index (χ4v) is 1.79. The molecule has 1 amide bonds. The summed E-state index contributed by atoms with van der Waals surface area (Å²) in [5, 5.41) is 9.79. The Kier molecular flexibility index (Phi) is 3.38. The van der Waals surface area contributed by atoms with E-state index in [2.05, 4.69) is 22.4 Å². The third-order valence-electron chi connectivity index (χ3n) is 2.56. The minimum absolute atomic E-state index is 0.0253. The van der Waals surface area contributed by atoms with E-state index < -0.39 is 0 Å². The molecule has 0 atom stereocenters. The quantitative estimate of drug-likeness (QED) is 0.759. The Hall–Kier alpha value is -1.17. The number of rotatable bonds is 5. The van der Waals surface area contributed by atoms with Gasteiger partial charge in [0.05, 0.1) is 0 Å². The van der Waals surface area contributed by atoms with Crippen molar-refractivity contribution in [3.8, 4) is 0 Å². The average Bonchev–Trinajstić information content (AvgIpc) is 2.98. The van der Waals surface area contributed by atoms with Crippen molar-refractivity contribution in [3.63, 3.8) is 0 Å². The SMILES string of the molecule is CCCc1n[nH]c(=S)n1CC(=O)NC1CC1. The monoisotopic (exact) mass is 240 g/mol. The van der Waals surface area contributed by atoms with E-state index in [1.807, 2.05) is 0 Å². The van der Waals surface area contributed by atoms with Crippen molar-refractivity contribution in [3.05, 3.63) is 10.6 Å². The molecule has 1 heterocycles. The summed E-state index contributed by atoms with van der Waals surface area (Å²) in [6.07, 6.45) is 4.03. The molecule has 1 saturated carbocycles. The van der Waals surface area contributed by atoms with Crippen LogP contribution in [0.5, 0.6) is 0 Å². The topological polar surface area (TPSA) is 62.7 Å². The lowest BCUT2D eigenvalue weighted by Gasteiger charge is -2.06. The molecule has 0 spiro atoms. The van der Waals surface area contributed by atoms with Crippen LogP contribution in [0, 0.1) is 4.77 Å². The van der Waals surface area contributed by atoms with Crippen molar-refractivity contribution >= 4 is 18.1 Å². The van der Waals surface area contributed by atoms with Gasteiger partial charge in [-0.2, -0.15) is 5.10 Å². The summed E-state index contributed by atoms with van der Waals surface area (Å²) in [6.45, 7) is 2.35. The minimum Gasteiger partial charge on any atom is -0.352 e. The average molecular weight is 240 g/mol. The Morgan fingerprint density at radius 2 is 2.44 bits per heavy atom.